The normalized spacial score (nSPS) is 27.4. The van der Waals surface area contributed by atoms with E-state index in [2.05, 4.69) is 16.8 Å². The Kier molecular flexibility index (Phi) is 5.22. The molecular weight excluding hydrogens is 216 g/mol. The van der Waals surface area contributed by atoms with Crippen molar-refractivity contribution in [2.24, 2.45) is 0 Å². The molecule has 0 aromatic heterocycles. The van der Waals surface area contributed by atoms with Gasteiger partial charge in [0.1, 0.15) is 0 Å². The molecule has 1 aliphatic carbocycles. The number of morpholine rings is 1. The number of hydrogen-bond donors (Lipinski definition) is 1. The van der Waals surface area contributed by atoms with Crippen LogP contribution in [-0.4, -0.2) is 73.5 Å². The Labute approximate surface area is 105 Å². The van der Waals surface area contributed by atoms with Crippen molar-refractivity contribution in [1.29, 1.82) is 0 Å². The van der Waals surface area contributed by atoms with Crippen LogP contribution in [0.5, 0.6) is 0 Å². The maximum Gasteiger partial charge on any atom is 0.0829 e. The third-order valence-electron chi connectivity index (χ3n) is 3.97. The number of rotatable bonds is 6. The topological polar surface area (TPSA) is 35.9 Å². The molecule has 1 N–H and O–H groups in total. The molecule has 4 nitrogen and oxygen atoms in total. The second-order valence-corrected chi connectivity index (χ2v) is 5.41. The van der Waals surface area contributed by atoms with Gasteiger partial charge >= 0.3 is 0 Å². The summed E-state index contributed by atoms with van der Waals surface area (Å²) in [6, 6.07) is 0.748. The fraction of sp³-hybridized carbons (Fsp3) is 1.00. The average molecular weight is 242 g/mol. The van der Waals surface area contributed by atoms with Gasteiger partial charge in [-0.05, 0) is 26.3 Å². The molecule has 2 fully saturated rings. The monoisotopic (exact) mass is 242 g/mol. The molecule has 17 heavy (non-hydrogen) atoms. The Bertz CT molecular complexity index is 221. The predicted molar refractivity (Wildman–Crippen MR) is 68.2 cm³/mol. The third-order valence-corrected chi connectivity index (χ3v) is 3.97. The highest BCUT2D eigenvalue weighted by molar-refractivity contribution is 4.83. The van der Waals surface area contributed by atoms with Crippen LogP contribution in [0.25, 0.3) is 0 Å². The first-order valence-corrected chi connectivity index (χ1v) is 6.94. The summed E-state index contributed by atoms with van der Waals surface area (Å²) in [6.45, 7) is 5.31. The molecule has 1 heterocycles. The molecule has 1 atom stereocenters. The van der Waals surface area contributed by atoms with Gasteiger partial charge in [-0.15, -0.1) is 0 Å². The Morgan fingerprint density at radius 2 is 2.24 bits per heavy atom. The van der Waals surface area contributed by atoms with Crippen molar-refractivity contribution in [2.75, 3.05) is 46.4 Å². The maximum absolute atomic E-state index is 8.97. The molecule has 0 aromatic rings. The van der Waals surface area contributed by atoms with Crippen molar-refractivity contribution in [3.8, 4) is 0 Å². The highest BCUT2D eigenvalue weighted by Crippen LogP contribution is 2.25. The lowest BCUT2D eigenvalue weighted by atomic mass is 9.91. The summed E-state index contributed by atoms with van der Waals surface area (Å²) in [6.07, 6.45) is 5.26. The van der Waals surface area contributed by atoms with E-state index in [9.17, 15) is 0 Å². The van der Waals surface area contributed by atoms with E-state index < -0.39 is 0 Å². The molecule has 4 heteroatoms. The highest BCUT2D eigenvalue weighted by Gasteiger charge is 2.28. The van der Waals surface area contributed by atoms with E-state index in [0.29, 0.717) is 12.7 Å². The molecule has 0 spiro atoms. The van der Waals surface area contributed by atoms with Crippen molar-refractivity contribution in [2.45, 2.75) is 37.8 Å². The van der Waals surface area contributed by atoms with Crippen molar-refractivity contribution in [3.63, 3.8) is 0 Å². The summed E-state index contributed by atoms with van der Waals surface area (Å²) in [5.41, 5.74) is 0. The lowest BCUT2D eigenvalue weighted by Gasteiger charge is -2.41. The zero-order valence-electron chi connectivity index (χ0n) is 11.0. The number of ether oxygens (including phenoxy) is 1. The molecule has 1 aliphatic heterocycles. The second-order valence-electron chi connectivity index (χ2n) is 5.41. The summed E-state index contributed by atoms with van der Waals surface area (Å²) in [5, 5.41) is 8.97. The average Bonchev–Trinajstić information content (AvgIpc) is 2.23. The first-order valence-electron chi connectivity index (χ1n) is 6.94. The Balaban J connectivity index is 1.78. The molecule has 2 rings (SSSR count). The number of hydrogen-bond acceptors (Lipinski definition) is 4. The predicted octanol–water partition coefficient (Wildman–Crippen LogP) is 0.554. The quantitative estimate of drug-likeness (QED) is 0.738. The van der Waals surface area contributed by atoms with E-state index in [1.165, 1.54) is 19.3 Å². The van der Waals surface area contributed by atoms with Crippen LogP contribution in [0.2, 0.25) is 0 Å². The first-order chi connectivity index (χ1) is 8.29. The molecule has 0 bridgehead atoms. The van der Waals surface area contributed by atoms with Crippen LogP contribution in [0.15, 0.2) is 0 Å². The Morgan fingerprint density at radius 1 is 1.41 bits per heavy atom. The van der Waals surface area contributed by atoms with Gasteiger partial charge < -0.3 is 14.7 Å². The molecule has 2 aliphatic rings. The molecule has 1 unspecified atom stereocenters. The zero-order chi connectivity index (χ0) is 12.1. The minimum Gasteiger partial charge on any atom is -0.396 e. The van der Waals surface area contributed by atoms with E-state index in [0.717, 1.165) is 45.2 Å². The van der Waals surface area contributed by atoms with Crippen LogP contribution in [0.1, 0.15) is 25.7 Å². The molecule has 1 saturated carbocycles. The lowest BCUT2D eigenvalue weighted by Crippen LogP contribution is -2.50. The van der Waals surface area contributed by atoms with Gasteiger partial charge in [0, 0.05) is 38.8 Å². The maximum atomic E-state index is 8.97. The highest BCUT2D eigenvalue weighted by atomic mass is 16.5. The van der Waals surface area contributed by atoms with E-state index >= 15 is 0 Å². The van der Waals surface area contributed by atoms with Gasteiger partial charge in [0.15, 0.2) is 0 Å². The van der Waals surface area contributed by atoms with Gasteiger partial charge in [-0.1, -0.05) is 6.42 Å². The summed E-state index contributed by atoms with van der Waals surface area (Å²) in [4.78, 5) is 4.88. The van der Waals surface area contributed by atoms with Crippen molar-refractivity contribution < 1.29 is 9.84 Å². The molecule has 0 radical (unpaired) electrons. The van der Waals surface area contributed by atoms with Crippen LogP contribution in [-0.2, 0) is 4.74 Å². The SMILES string of the molecule is CN1CCOC(CN(CCCO)C2CCC2)C1. The molecule has 100 valence electrons. The minimum absolute atomic E-state index is 0.300. The zero-order valence-corrected chi connectivity index (χ0v) is 11.0. The van der Waals surface area contributed by atoms with Crippen LogP contribution in [0, 0.1) is 0 Å². The van der Waals surface area contributed by atoms with Gasteiger partial charge in [0.05, 0.1) is 12.7 Å². The van der Waals surface area contributed by atoms with E-state index in [1.54, 1.807) is 0 Å². The molecule has 0 amide bonds. The fourth-order valence-corrected chi connectivity index (χ4v) is 2.69. The standard InChI is InChI=1S/C13H26N2O2/c1-14-7-9-17-13(10-14)11-15(6-3-8-16)12-4-2-5-12/h12-13,16H,2-11H2,1H3. The van der Waals surface area contributed by atoms with Crippen molar-refractivity contribution >= 4 is 0 Å². The van der Waals surface area contributed by atoms with Gasteiger partial charge in [0.2, 0.25) is 0 Å². The van der Waals surface area contributed by atoms with Crippen LogP contribution < -0.4 is 0 Å². The largest absolute Gasteiger partial charge is 0.396 e. The molecule has 0 aromatic carbocycles. The molecule has 1 saturated heterocycles. The smallest absolute Gasteiger partial charge is 0.0829 e. The number of likely N-dealkylation sites (N-methyl/N-ethyl adjacent to an activating group) is 1. The Morgan fingerprint density at radius 3 is 2.82 bits per heavy atom. The van der Waals surface area contributed by atoms with Crippen LogP contribution in [0.3, 0.4) is 0 Å². The summed E-state index contributed by atoms with van der Waals surface area (Å²) >= 11 is 0. The minimum atomic E-state index is 0.300. The van der Waals surface area contributed by atoms with E-state index in [1.807, 2.05) is 0 Å². The summed E-state index contributed by atoms with van der Waals surface area (Å²) < 4.78 is 5.83. The fourth-order valence-electron chi connectivity index (χ4n) is 2.69. The Hall–Kier alpha value is -0.160. The van der Waals surface area contributed by atoms with Crippen molar-refractivity contribution in [1.82, 2.24) is 9.80 Å². The first kappa shape index (κ1) is 13.3. The number of aliphatic hydroxyl groups excluding tert-OH is 1. The summed E-state index contributed by atoms with van der Waals surface area (Å²) in [5.74, 6) is 0. The van der Waals surface area contributed by atoms with Crippen molar-refractivity contribution in [3.05, 3.63) is 0 Å². The lowest BCUT2D eigenvalue weighted by molar-refractivity contribution is -0.0475. The van der Waals surface area contributed by atoms with Gasteiger partial charge in [-0.3, -0.25) is 4.90 Å². The number of nitrogens with zero attached hydrogens (tertiary/aromatic N) is 2. The molecular formula is C13H26N2O2. The second kappa shape index (κ2) is 6.69. The van der Waals surface area contributed by atoms with Crippen LogP contribution in [0.4, 0.5) is 0 Å². The van der Waals surface area contributed by atoms with Gasteiger partial charge in [0.25, 0.3) is 0 Å². The third kappa shape index (κ3) is 3.91. The summed E-state index contributed by atoms with van der Waals surface area (Å²) in [7, 11) is 2.16. The number of aliphatic hydroxyl groups is 1. The van der Waals surface area contributed by atoms with Gasteiger partial charge in [-0.25, -0.2) is 0 Å². The van der Waals surface area contributed by atoms with E-state index in [-0.39, 0.29) is 0 Å². The van der Waals surface area contributed by atoms with E-state index in [4.69, 9.17) is 9.84 Å². The van der Waals surface area contributed by atoms with Crippen LogP contribution >= 0.6 is 0 Å². The van der Waals surface area contributed by atoms with Gasteiger partial charge in [-0.2, -0.15) is 0 Å².